The fraction of sp³-hybridized carbons (Fsp3) is 0.625. The first-order valence-electron chi connectivity index (χ1n) is 7.36. The van der Waals surface area contributed by atoms with E-state index >= 15 is 0 Å². The first-order chi connectivity index (χ1) is 9.17. The quantitative estimate of drug-likeness (QED) is 0.736. The number of nitrogens with zero attached hydrogens (tertiary/aromatic N) is 1. The molecule has 1 unspecified atom stereocenters. The Morgan fingerprint density at radius 2 is 1.89 bits per heavy atom. The molecule has 1 atom stereocenters. The molecule has 2 nitrogen and oxygen atoms in total. The van der Waals surface area contributed by atoms with Crippen LogP contribution in [-0.2, 0) is 6.54 Å². The molecule has 1 aromatic rings. The maximum absolute atomic E-state index is 13.4. The number of benzene rings is 1. The minimum absolute atomic E-state index is 0.120. The Bertz CT molecular complexity index is 350. The van der Waals surface area contributed by atoms with Gasteiger partial charge in [-0.2, -0.15) is 0 Å². The van der Waals surface area contributed by atoms with Crippen molar-refractivity contribution in [3.8, 4) is 0 Å². The second-order valence-electron chi connectivity index (χ2n) is 5.04. The van der Waals surface area contributed by atoms with Crippen LogP contribution in [0.4, 0.5) is 4.39 Å². The van der Waals surface area contributed by atoms with Crippen molar-refractivity contribution in [3.63, 3.8) is 0 Å². The van der Waals surface area contributed by atoms with Gasteiger partial charge in [0.15, 0.2) is 0 Å². The van der Waals surface area contributed by atoms with Crippen molar-refractivity contribution in [1.29, 1.82) is 0 Å². The molecule has 0 aromatic heterocycles. The highest BCUT2D eigenvalue weighted by Gasteiger charge is 2.05. The van der Waals surface area contributed by atoms with Gasteiger partial charge in [0.2, 0.25) is 0 Å². The first kappa shape index (κ1) is 16.1. The number of halogens is 1. The highest BCUT2D eigenvalue weighted by Crippen LogP contribution is 2.07. The van der Waals surface area contributed by atoms with Crippen molar-refractivity contribution in [2.45, 2.75) is 46.2 Å². The fourth-order valence-electron chi connectivity index (χ4n) is 2.19. The highest BCUT2D eigenvalue weighted by atomic mass is 19.1. The smallest absolute Gasteiger partial charge is 0.127 e. The van der Waals surface area contributed by atoms with Crippen LogP contribution in [0.5, 0.6) is 0 Å². The summed E-state index contributed by atoms with van der Waals surface area (Å²) in [7, 11) is 0. The van der Waals surface area contributed by atoms with Gasteiger partial charge < -0.3 is 10.2 Å². The van der Waals surface area contributed by atoms with Crippen molar-refractivity contribution < 1.29 is 4.39 Å². The van der Waals surface area contributed by atoms with Crippen LogP contribution in [0, 0.1) is 5.82 Å². The Kier molecular flexibility index (Phi) is 7.68. The summed E-state index contributed by atoms with van der Waals surface area (Å²) in [4.78, 5) is 2.43. The van der Waals surface area contributed by atoms with Crippen LogP contribution in [0.1, 0.15) is 39.2 Å². The van der Waals surface area contributed by atoms with Gasteiger partial charge in [0, 0.05) is 18.2 Å². The second kappa shape index (κ2) is 9.05. The van der Waals surface area contributed by atoms with E-state index in [0.717, 1.165) is 31.6 Å². The molecule has 1 N–H and O–H groups in total. The standard InChI is InChI=1S/C16H27FN2/c1-4-19(5-2)12-8-9-14(3)18-13-15-10-6-7-11-16(15)17/h6-7,10-11,14,18H,4-5,8-9,12-13H2,1-3H3. The molecule has 0 aliphatic heterocycles. The summed E-state index contributed by atoms with van der Waals surface area (Å²) in [5.74, 6) is -0.120. The summed E-state index contributed by atoms with van der Waals surface area (Å²) >= 11 is 0. The topological polar surface area (TPSA) is 15.3 Å². The molecule has 0 amide bonds. The van der Waals surface area contributed by atoms with Crippen molar-refractivity contribution in [3.05, 3.63) is 35.6 Å². The van der Waals surface area contributed by atoms with E-state index in [1.165, 1.54) is 12.5 Å². The van der Waals surface area contributed by atoms with E-state index in [4.69, 9.17) is 0 Å². The largest absolute Gasteiger partial charge is 0.310 e. The van der Waals surface area contributed by atoms with Gasteiger partial charge in [0.1, 0.15) is 5.82 Å². The van der Waals surface area contributed by atoms with E-state index in [1.54, 1.807) is 6.07 Å². The Balaban J connectivity index is 2.21. The molecule has 1 aromatic carbocycles. The van der Waals surface area contributed by atoms with Gasteiger partial charge in [-0.25, -0.2) is 4.39 Å². The maximum atomic E-state index is 13.4. The van der Waals surface area contributed by atoms with Gasteiger partial charge in [-0.3, -0.25) is 0 Å². The van der Waals surface area contributed by atoms with Crippen molar-refractivity contribution in [2.24, 2.45) is 0 Å². The molecule has 0 radical (unpaired) electrons. The average Bonchev–Trinajstić information content (AvgIpc) is 2.43. The lowest BCUT2D eigenvalue weighted by Gasteiger charge is -2.19. The SMILES string of the molecule is CCN(CC)CCCC(C)NCc1ccccc1F. The van der Waals surface area contributed by atoms with Gasteiger partial charge in [-0.05, 0) is 45.5 Å². The normalized spacial score (nSPS) is 12.9. The molecule has 3 heteroatoms. The fourth-order valence-corrected chi connectivity index (χ4v) is 2.19. The van der Waals surface area contributed by atoms with E-state index in [9.17, 15) is 4.39 Å². The molecule has 1 rings (SSSR count). The zero-order valence-corrected chi connectivity index (χ0v) is 12.5. The Morgan fingerprint density at radius 1 is 1.21 bits per heavy atom. The number of hydrogen-bond donors (Lipinski definition) is 1. The summed E-state index contributed by atoms with van der Waals surface area (Å²) < 4.78 is 13.4. The number of nitrogens with one attached hydrogen (secondary N) is 1. The Morgan fingerprint density at radius 3 is 2.53 bits per heavy atom. The molecule has 0 spiro atoms. The number of rotatable bonds is 9. The van der Waals surface area contributed by atoms with Crippen molar-refractivity contribution in [1.82, 2.24) is 10.2 Å². The predicted molar refractivity (Wildman–Crippen MR) is 79.7 cm³/mol. The summed E-state index contributed by atoms with van der Waals surface area (Å²) in [5, 5.41) is 3.39. The Hall–Kier alpha value is -0.930. The van der Waals surface area contributed by atoms with Gasteiger partial charge in [0.05, 0.1) is 0 Å². The minimum Gasteiger partial charge on any atom is -0.310 e. The van der Waals surface area contributed by atoms with E-state index < -0.39 is 0 Å². The molecule has 19 heavy (non-hydrogen) atoms. The van der Waals surface area contributed by atoms with Gasteiger partial charge >= 0.3 is 0 Å². The van der Waals surface area contributed by atoms with E-state index in [2.05, 4.69) is 31.0 Å². The lowest BCUT2D eigenvalue weighted by Crippen LogP contribution is -2.29. The summed E-state index contributed by atoms with van der Waals surface area (Å²) in [5.41, 5.74) is 0.748. The third-order valence-corrected chi connectivity index (χ3v) is 3.60. The van der Waals surface area contributed by atoms with Gasteiger partial charge in [0.25, 0.3) is 0 Å². The molecule has 0 saturated heterocycles. The summed E-state index contributed by atoms with van der Waals surface area (Å²) in [6.45, 7) is 10.6. The molecule has 0 fully saturated rings. The molecule has 108 valence electrons. The minimum atomic E-state index is -0.120. The molecular formula is C16H27FN2. The average molecular weight is 266 g/mol. The Labute approximate surface area is 117 Å². The van der Waals surface area contributed by atoms with Gasteiger partial charge in [-0.1, -0.05) is 32.0 Å². The molecular weight excluding hydrogens is 239 g/mol. The summed E-state index contributed by atoms with van der Waals surface area (Å²) in [6.07, 6.45) is 2.32. The maximum Gasteiger partial charge on any atom is 0.127 e. The van der Waals surface area contributed by atoms with Crippen LogP contribution in [0.3, 0.4) is 0 Å². The highest BCUT2D eigenvalue weighted by molar-refractivity contribution is 5.16. The van der Waals surface area contributed by atoms with Crippen LogP contribution in [0.2, 0.25) is 0 Å². The first-order valence-corrected chi connectivity index (χ1v) is 7.36. The number of hydrogen-bond acceptors (Lipinski definition) is 2. The molecule has 0 bridgehead atoms. The predicted octanol–water partition coefficient (Wildman–Crippen LogP) is 3.43. The van der Waals surface area contributed by atoms with E-state index in [1.807, 2.05) is 12.1 Å². The van der Waals surface area contributed by atoms with Crippen molar-refractivity contribution >= 4 is 0 Å². The lowest BCUT2D eigenvalue weighted by molar-refractivity contribution is 0.290. The summed E-state index contributed by atoms with van der Waals surface area (Å²) in [6, 6.07) is 7.39. The van der Waals surface area contributed by atoms with Crippen LogP contribution >= 0.6 is 0 Å². The molecule has 0 aliphatic rings. The zero-order chi connectivity index (χ0) is 14.1. The molecule has 0 saturated carbocycles. The second-order valence-corrected chi connectivity index (χ2v) is 5.04. The lowest BCUT2D eigenvalue weighted by atomic mass is 10.1. The third kappa shape index (κ3) is 6.17. The van der Waals surface area contributed by atoms with Crippen LogP contribution in [-0.4, -0.2) is 30.6 Å². The van der Waals surface area contributed by atoms with E-state index in [-0.39, 0.29) is 5.82 Å². The van der Waals surface area contributed by atoms with Crippen LogP contribution in [0.25, 0.3) is 0 Å². The van der Waals surface area contributed by atoms with Gasteiger partial charge in [-0.15, -0.1) is 0 Å². The van der Waals surface area contributed by atoms with Crippen molar-refractivity contribution in [2.75, 3.05) is 19.6 Å². The van der Waals surface area contributed by atoms with Crippen LogP contribution in [0.15, 0.2) is 24.3 Å². The van der Waals surface area contributed by atoms with E-state index in [0.29, 0.717) is 12.6 Å². The third-order valence-electron chi connectivity index (χ3n) is 3.60. The zero-order valence-electron chi connectivity index (χ0n) is 12.5. The monoisotopic (exact) mass is 266 g/mol. The van der Waals surface area contributed by atoms with Crippen LogP contribution < -0.4 is 5.32 Å². The molecule has 0 aliphatic carbocycles. The molecule has 0 heterocycles.